The van der Waals surface area contributed by atoms with Gasteiger partial charge in [-0.1, -0.05) is 30.3 Å². The number of benzene rings is 1. The number of fused-ring (bicyclic) bond motifs is 1. The second-order valence-electron chi connectivity index (χ2n) is 5.86. The molecule has 0 spiro atoms. The second kappa shape index (κ2) is 6.79. The van der Waals surface area contributed by atoms with Crippen molar-refractivity contribution in [2.45, 2.75) is 25.9 Å². The van der Waals surface area contributed by atoms with Crippen molar-refractivity contribution in [3.63, 3.8) is 0 Å². The highest BCUT2D eigenvalue weighted by molar-refractivity contribution is 5.78. The van der Waals surface area contributed by atoms with Crippen LogP contribution in [-0.4, -0.2) is 35.0 Å². The Morgan fingerprint density at radius 2 is 2.00 bits per heavy atom. The molecule has 1 N–H and O–H groups in total. The highest BCUT2D eigenvalue weighted by atomic mass is 16.2. The minimum Gasteiger partial charge on any atom is -0.355 e. The lowest BCUT2D eigenvalue weighted by atomic mass is 10.1. The Kier molecular flexibility index (Phi) is 4.59. The third-order valence-corrected chi connectivity index (χ3v) is 4.39. The molecule has 1 unspecified atom stereocenters. The van der Waals surface area contributed by atoms with Crippen molar-refractivity contribution in [2.24, 2.45) is 0 Å². The maximum atomic E-state index is 12.1. The molecule has 0 saturated carbocycles. The number of carbonyl (C=O) groups is 1. The van der Waals surface area contributed by atoms with E-state index < -0.39 is 0 Å². The summed E-state index contributed by atoms with van der Waals surface area (Å²) < 4.78 is 2.27. The highest BCUT2D eigenvalue weighted by Gasteiger charge is 2.24. The molecular weight excluding hydrogens is 274 g/mol. The monoisotopic (exact) mass is 297 g/mol. The molecule has 1 aliphatic heterocycles. The number of amides is 1. The Morgan fingerprint density at radius 3 is 2.82 bits per heavy atom. The second-order valence-corrected chi connectivity index (χ2v) is 5.86. The first-order valence-electron chi connectivity index (χ1n) is 7.94. The van der Waals surface area contributed by atoms with Crippen molar-refractivity contribution in [2.75, 3.05) is 19.6 Å². The zero-order chi connectivity index (χ0) is 15.4. The van der Waals surface area contributed by atoms with Gasteiger partial charge >= 0.3 is 0 Å². The molecule has 1 aliphatic rings. The number of nitrogens with one attached hydrogen (secondary N) is 1. The Hall–Kier alpha value is -2.07. The van der Waals surface area contributed by atoms with Gasteiger partial charge in [0.05, 0.1) is 6.54 Å². The fourth-order valence-electron chi connectivity index (χ4n) is 3.07. The number of aromatic nitrogens is 1. The average molecular weight is 297 g/mol. The van der Waals surface area contributed by atoms with Crippen LogP contribution in [0.2, 0.25) is 0 Å². The summed E-state index contributed by atoms with van der Waals surface area (Å²) in [5.74, 6) is 0.114. The van der Waals surface area contributed by atoms with Gasteiger partial charge in [-0.05, 0) is 31.0 Å². The molecule has 0 fully saturated rings. The summed E-state index contributed by atoms with van der Waals surface area (Å²) in [5.41, 5.74) is 2.55. The van der Waals surface area contributed by atoms with Gasteiger partial charge in [0.15, 0.2) is 0 Å². The van der Waals surface area contributed by atoms with Gasteiger partial charge in [0, 0.05) is 37.6 Å². The van der Waals surface area contributed by atoms with Crippen LogP contribution in [0.5, 0.6) is 0 Å². The van der Waals surface area contributed by atoms with Crippen molar-refractivity contribution in [3.8, 4) is 0 Å². The fourth-order valence-corrected chi connectivity index (χ4v) is 3.07. The number of rotatable bonds is 5. The molecule has 0 aliphatic carbocycles. The van der Waals surface area contributed by atoms with Crippen molar-refractivity contribution < 1.29 is 4.79 Å². The van der Waals surface area contributed by atoms with Gasteiger partial charge in [-0.2, -0.15) is 0 Å². The van der Waals surface area contributed by atoms with Crippen LogP contribution >= 0.6 is 0 Å². The maximum absolute atomic E-state index is 12.1. The molecule has 0 bridgehead atoms. The summed E-state index contributed by atoms with van der Waals surface area (Å²) in [6.07, 6.45) is 2.99. The largest absolute Gasteiger partial charge is 0.355 e. The van der Waals surface area contributed by atoms with Crippen LogP contribution in [-0.2, 0) is 17.8 Å². The molecular formula is C18H23N3O. The number of nitrogens with zero attached hydrogens (tertiary/aromatic N) is 2. The van der Waals surface area contributed by atoms with E-state index in [1.165, 1.54) is 11.3 Å². The molecule has 1 aromatic carbocycles. The van der Waals surface area contributed by atoms with Crippen molar-refractivity contribution in [1.29, 1.82) is 0 Å². The van der Waals surface area contributed by atoms with Crippen LogP contribution in [0, 0.1) is 0 Å². The smallest absolute Gasteiger partial charge is 0.234 e. The molecule has 0 saturated heterocycles. The third-order valence-electron chi connectivity index (χ3n) is 4.39. The zero-order valence-corrected chi connectivity index (χ0v) is 13.0. The number of carbonyl (C=O) groups excluding carboxylic acids is 1. The van der Waals surface area contributed by atoms with Crippen LogP contribution in [0.15, 0.2) is 48.7 Å². The highest BCUT2D eigenvalue weighted by Crippen LogP contribution is 2.24. The number of hydrogen-bond acceptors (Lipinski definition) is 2. The van der Waals surface area contributed by atoms with E-state index in [-0.39, 0.29) is 5.91 Å². The summed E-state index contributed by atoms with van der Waals surface area (Å²) in [4.78, 5) is 14.4. The minimum atomic E-state index is 0.114. The van der Waals surface area contributed by atoms with Crippen LogP contribution in [0.4, 0.5) is 0 Å². The molecule has 2 aromatic rings. The Bertz CT molecular complexity index is 620. The van der Waals surface area contributed by atoms with E-state index in [1.807, 2.05) is 18.2 Å². The summed E-state index contributed by atoms with van der Waals surface area (Å²) in [7, 11) is 0. The summed E-state index contributed by atoms with van der Waals surface area (Å²) in [6, 6.07) is 14.8. The van der Waals surface area contributed by atoms with Crippen LogP contribution in [0.1, 0.15) is 24.2 Å². The molecule has 3 rings (SSSR count). The third kappa shape index (κ3) is 3.39. The van der Waals surface area contributed by atoms with E-state index >= 15 is 0 Å². The molecule has 2 heterocycles. The predicted octanol–water partition coefficient (Wildman–Crippen LogP) is 2.22. The van der Waals surface area contributed by atoms with Crippen LogP contribution in [0.3, 0.4) is 0 Å². The quantitative estimate of drug-likeness (QED) is 0.919. The zero-order valence-electron chi connectivity index (χ0n) is 13.0. The lowest BCUT2D eigenvalue weighted by molar-refractivity contribution is -0.123. The topological polar surface area (TPSA) is 37.3 Å². The van der Waals surface area contributed by atoms with E-state index in [0.717, 1.165) is 19.5 Å². The van der Waals surface area contributed by atoms with Crippen LogP contribution < -0.4 is 5.32 Å². The average Bonchev–Trinajstić information content (AvgIpc) is 3.01. The fraction of sp³-hybridized carbons (Fsp3) is 0.389. The molecule has 4 nitrogen and oxygen atoms in total. The Balaban J connectivity index is 1.46. The summed E-state index contributed by atoms with van der Waals surface area (Å²) in [5, 5.41) is 3.03. The van der Waals surface area contributed by atoms with E-state index in [2.05, 4.69) is 52.2 Å². The van der Waals surface area contributed by atoms with Crippen molar-refractivity contribution in [3.05, 3.63) is 59.9 Å². The molecule has 4 heteroatoms. The first-order chi connectivity index (χ1) is 10.7. The lowest BCUT2D eigenvalue weighted by Gasteiger charge is -2.34. The van der Waals surface area contributed by atoms with Gasteiger partial charge in [-0.3, -0.25) is 9.69 Å². The van der Waals surface area contributed by atoms with Crippen LogP contribution in [0.25, 0.3) is 0 Å². The summed E-state index contributed by atoms with van der Waals surface area (Å²) >= 11 is 0. The van der Waals surface area contributed by atoms with Gasteiger partial charge in [0.25, 0.3) is 0 Å². The maximum Gasteiger partial charge on any atom is 0.234 e. The predicted molar refractivity (Wildman–Crippen MR) is 87.6 cm³/mol. The molecule has 0 radical (unpaired) electrons. The van der Waals surface area contributed by atoms with Crippen molar-refractivity contribution in [1.82, 2.24) is 14.8 Å². The van der Waals surface area contributed by atoms with E-state index in [4.69, 9.17) is 0 Å². The first-order valence-corrected chi connectivity index (χ1v) is 7.94. The number of hydrogen-bond donors (Lipinski definition) is 1. The SMILES string of the molecule is CC1c2cccn2CCN1CC(=O)NCCc1ccccc1. The molecule has 1 amide bonds. The van der Waals surface area contributed by atoms with Crippen molar-refractivity contribution >= 4 is 5.91 Å². The summed E-state index contributed by atoms with van der Waals surface area (Å²) in [6.45, 7) is 5.23. The van der Waals surface area contributed by atoms with Gasteiger partial charge in [-0.15, -0.1) is 0 Å². The molecule has 1 atom stereocenters. The minimum absolute atomic E-state index is 0.114. The molecule has 22 heavy (non-hydrogen) atoms. The normalized spacial score (nSPS) is 18.0. The Morgan fingerprint density at radius 1 is 1.18 bits per heavy atom. The van der Waals surface area contributed by atoms with Gasteiger partial charge in [0.1, 0.15) is 0 Å². The van der Waals surface area contributed by atoms with Gasteiger partial charge in [-0.25, -0.2) is 0 Å². The lowest BCUT2D eigenvalue weighted by Crippen LogP contribution is -2.43. The van der Waals surface area contributed by atoms with E-state index in [1.54, 1.807) is 0 Å². The van der Waals surface area contributed by atoms with E-state index in [0.29, 0.717) is 19.1 Å². The Labute approximate surface area is 131 Å². The molecule has 116 valence electrons. The van der Waals surface area contributed by atoms with Gasteiger partial charge < -0.3 is 9.88 Å². The standard InChI is InChI=1S/C18H23N3O/c1-15-17-8-5-11-20(17)12-13-21(15)14-18(22)19-10-9-16-6-3-2-4-7-16/h2-8,11,15H,9-10,12-14H2,1H3,(H,19,22). The van der Waals surface area contributed by atoms with Gasteiger partial charge in [0.2, 0.25) is 5.91 Å². The first kappa shape index (κ1) is 14.9. The van der Waals surface area contributed by atoms with E-state index in [9.17, 15) is 4.79 Å². The molecule has 1 aromatic heterocycles.